The Hall–Kier alpha value is -2.23. The van der Waals surface area contributed by atoms with E-state index in [-0.39, 0.29) is 6.03 Å². The highest BCUT2D eigenvalue weighted by Gasteiger charge is 2.15. The van der Waals surface area contributed by atoms with Crippen molar-refractivity contribution in [2.75, 3.05) is 5.32 Å². The number of benzene rings is 1. The van der Waals surface area contributed by atoms with Gasteiger partial charge in [-0.05, 0) is 49.2 Å². The normalized spacial score (nSPS) is 15.6. The molecule has 0 spiro atoms. The van der Waals surface area contributed by atoms with Gasteiger partial charge in [-0.25, -0.2) is 4.79 Å². The molecule has 1 saturated carbocycles. The van der Waals surface area contributed by atoms with Crippen LogP contribution in [0.4, 0.5) is 10.5 Å². The van der Waals surface area contributed by atoms with Crippen molar-refractivity contribution < 1.29 is 9.21 Å². The van der Waals surface area contributed by atoms with Crippen molar-refractivity contribution in [2.45, 2.75) is 38.1 Å². The number of amides is 2. The number of urea groups is 1. The van der Waals surface area contributed by atoms with Crippen molar-refractivity contribution in [2.24, 2.45) is 0 Å². The summed E-state index contributed by atoms with van der Waals surface area (Å²) in [5.41, 5.74) is 1.79. The molecular formula is C17H20N2O2. The van der Waals surface area contributed by atoms with Gasteiger partial charge in [0, 0.05) is 17.3 Å². The lowest BCUT2D eigenvalue weighted by Gasteiger charge is -2.22. The zero-order valence-electron chi connectivity index (χ0n) is 12.0. The van der Waals surface area contributed by atoms with Crippen LogP contribution in [0.3, 0.4) is 0 Å². The zero-order valence-corrected chi connectivity index (χ0v) is 12.0. The third-order valence-corrected chi connectivity index (χ3v) is 3.89. The molecule has 0 aliphatic heterocycles. The minimum Gasteiger partial charge on any atom is -0.464 e. The second kappa shape index (κ2) is 6.48. The van der Waals surface area contributed by atoms with Gasteiger partial charge in [0.25, 0.3) is 0 Å². The fourth-order valence-electron chi connectivity index (χ4n) is 2.76. The van der Waals surface area contributed by atoms with E-state index in [9.17, 15) is 4.79 Å². The third kappa shape index (κ3) is 3.66. The van der Waals surface area contributed by atoms with Crippen molar-refractivity contribution in [3.8, 4) is 11.3 Å². The average molecular weight is 284 g/mol. The number of nitrogens with one attached hydrogen (secondary N) is 2. The summed E-state index contributed by atoms with van der Waals surface area (Å²) in [6.07, 6.45) is 7.54. The van der Waals surface area contributed by atoms with Crippen LogP contribution in [0.2, 0.25) is 0 Å². The van der Waals surface area contributed by atoms with Crippen molar-refractivity contribution in [1.82, 2.24) is 5.32 Å². The number of furan rings is 1. The van der Waals surface area contributed by atoms with Crippen LogP contribution in [0.1, 0.15) is 32.1 Å². The minimum atomic E-state index is -0.118. The van der Waals surface area contributed by atoms with Crippen molar-refractivity contribution in [1.29, 1.82) is 0 Å². The molecule has 1 aromatic heterocycles. The highest BCUT2D eigenvalue weighted by atomic mass is 16.3. The number of anilines is 1. The standard InChI is InChI=1S/C17H20N2O2/c20-17(18-14-5-2-1-3-6-14)19-15-10-8-13(9-11-15)16-7-4-12-21-16/h4,7-12,14H,1-3,5-6H2,(H2,18,19,20). The molecule has 1 aromatic carbocycles. The van der Waals surface area contributed by atoms with Gasteiger partial charge in [0.15, 0.2) is 0 Å². The van der Waals surface area contributed by atoms with Gasteiger partial charge < -0.3 is 15.1 Å². The molecule has 110 valence electrons. The Labute approximate surface area is 124 Å². The number of hydrogen-bond acceptors (Lipinski definition) is 2. The third-order valence-electron chi connectivity index (χ3n) is 3.89. The molecule has 0 unspecified atom stereocenters. The molecule has 0 atom stereocenters. The zero-order chi connectivity index (χ0) is 14.5. The van der Waals surface area contributed by atoms with Gasteiger partial charge in [-0.1, -0.05) is 19.3 Å². The second-order valence-corrected chi connectivity index (χ2v) is 5.49. The fraction of sp³-hybridized carbons (Fsp3) is 0.353. The Morgan fingerprint density at radius 1 is 1.05 bits per heavy atom. The maximum Gasteiger partial charge on any atom is 0.319 e. The van der Waals surface area contributed by atoms with Gasteiger partial charge in [0.05, 0.1) is 6.26 Å². The number of carbonyl (C=O) groups excluding carboxylic acids is 1. The fourth-order valence-corrected chi connectivity index (χ4v) is 2.76. The maximum absolute atomic E-state index is 12.0. The van der Waals surface area contributed by atoms with Gasteiger partial charge in [0.1, 0.15) is 5.76 Å². The van der Waals surface area contributed by atoms with Crippen LogP contribution in [0.25, 0.3) is 11.3 Å². The largest absolute Gasteiger partial charge is 0.464 e. The summed E-state index contributed by atoms with van der Waals surface area (Å²) < 4.78 is 5.34. The summed E-state index contributed by atoms with van der Waals surface area (Å²) >= 11 is 0. The topological polar surface area (TPSA) is 54.3 Å². The van der Waals surface area contributed by atoms with E-state index in [0.717, 1.165) is 29.9 Å². The van der Waals surface area contributed by atoms with Crippen LogP contribution in [0.15, 0.2) is 47.1 Å². The Morgan fingerprint density at radius 3 is 2.48 bits per heavy atom. The van der Waals surface area contributed by atoms with E-state index >= 15 is 0 Å². The molecule has 1 aliphatic carbocycles. The summed E-state index contributed by atoms with van der Waals surface area (Å²) in [5, 5.41) is 5.92. The van der Waals surface area contributed by atoms with Gasteiger partial charge in [-0.3, -0.25) is 0 Å². The van der Waals surface area contributed by atoms with Gasteiger partial charge in [-0.2, -0.15) is 0 Å². The van der Waals surface area contributed by atoms with Crippen LogP contribution < -0.4 is 10.6 Å². The summed E-state index contributed by atoms with van der Waals surface area (Å²) in [5.74, 6) is 0.827. The number of hydrogen-bond donors (Lipinski definition) is 2. The molecule has 4 heteroatoms. The van der Waals surface area contributed by atoms with Gasteiger partial charge in [-0.15, -0.1) is 0 Å². The Balaban J connectivity index is 1.56. The molecule has 3 rings (SSSR count). The highest BCUT2D eigenvalue weighted by molar-refractivity contribution is 5.89. The van der Waals surface area contributed by atoms with Gasteiger partial charge in [0.2, 0.25) is 0 Å². The molecule has 0 radical (unpaired) electrons. The Morgan fingerprint density at radius 2 is 1.81 bits per heavy atom. The molecule has 1 fully saturated rings. The first-order valence-corrected chi connectivity index (χ1v) is 7.53. The average Bonchev–Trinajstić information content (AvgIpc) is 3.03. The minimum absolute atomic E-state index is 0.118. The quantitative estimate of drug-likeness (QED) is 0.877. The number of carbonyl (C=O) groups is 1. The van der Waals surface area contributed by atoms with Crippen LogP contribution >= 0.6 is 0 Å². The first-order chi connectivity index (χ1) is 10.3. The van der Waals surface area contributed by atoms with Crippen molar-refractivity contribution in [3.05, 3.63) is 42.7 Å². The van der Waals surface area contributed by atoms with Crippen LogP contribution in [-0.2, 0) is 0 Å². The molecule has 1 heterocycles. The Bertz CT molecular complexity index is 569. The highest BCUT2D eigenvalue weighted by Crippen LogP contribution is 2.22. The molecule has 21 heavy (non-hydrogen) atoms. The van der Waals surface area contributed by atoms with E-state index in [0.29, 0.717) is 6.04 Å². The lowest BCUT2D eigenvalue weighted by atomic mass is 9.96. The smallest absolute Gasteiger partial charge is 0.319 e. The molecular weight excluding hydrogens is 264 g/mol. The van der Waals surface area contributed by atoms with Crippen LogP contribution in [0.5, 0.6) is 0 Å². The lowest BCUT2D eigenvalue weighted by Crippen LogP contribution is -2.38. The summed E-state index contributed by atoms with van der Waals surface area (Å²) in [7, 11) is 0. The Kier molecular flexibility index (Phi) is 4.24. The molecule has 2 amide bonds. The molecule has 0 bridgehead atoms. The maximum atomic E-state index is 12.0. The first kappa shape index (κ1) is 13.7. The van der Waals surface area contributed by atoms with E-state index in [2.05, 4.69) is 10.6 Å². The van der Waals surface area contributed by atoms with Crippen molar-refractivity contribution in [3.63, 3.8) is 0 Å². The molecule has 2 N–H and O–H groups in total. The van der Waals surface area contributed by atoms with E-state index in [1.165, 1.54) is 19.3 Å². The second-order valence-electron chi connectivity index (χ2n) is 5.49. The predicted octanol–water partition coefficient (Wildman–Crippen LogP) is 4.40. The SMILES string of the molecule is O=C(Nc1ccc(-c2ccco2)cc1)NC1CCCCC1. The summed E-state index contributed by atoms with van der Waals surface area (Å²) in [4.78, 5) is 12.0. The van der Waals surface area contributed by atoms with E-state index in [1.807, 2.05) is 36.4 Å². The molecule has 2 aromatic rings. The lowest BCUT2D eigenvalue weighted by molar-refractivity contribution is 0.244. The van der Waals surface area contributed by atoms with E-state index in [4.69, 9.17) is 4.42 Å². The van der Waals surface area contributed by atoms with Crippen molar-refractivity contribution >= 4 is 11.7 Å². The predicted molar refractivity (Wildman–Crippen MR) is 83.2 cm³/mol. The monoisotopic (exact) mass is 284 g/mol. The number of rotatable bonds is 3. The molecule has 4 nitrogen and oxygen atoms in total. The molecule has 1 aliphatic rings. The van der Waals surface area contributed by atoms with E-state index < -0.39 is 0 Å². The van der Waals surface area contributed by atoms with Gasteiger partial charge >= 0.3 is 6.03 Å². The van der Waals surface area contributed by atoms with Crippen LogP contribution in [-0.4, -0.2) is 12.1 Å². The first-order valence-electron chi connectivity index (χ1n) is 7.53. The summed E-state index contributed by atoms with van der Waals surface area (Å²) in [6.45, 7) is 0. The molecule has 0 saturated heterocycles. The van der Waals surface area contributed by atoms with E-state index in [1.54, 1.807) is 6.26 Å². The van der Waals surface area contributed by atoms with Crippen LogP contribution in [0, 0.1) is 0 Å². The summed E-state index contributed by atoms with van der Waals surface area (Å²) in [6, 6.07) is 11.6.